The molecule has 6 nitrogen and oxygen atoms in total. The van der Waals surface area contributed by atoms with Crippen LogP contribution in [-0.2, 0) is 4.74 Å². The molecule has 1 aromatic carbocycles. The Morgan fingerprint density at radius 1 is 1.20 bits per heavy atom. The second kappa shape index (κ2) is 7.45. The summed E-state index contributed by atoms with van der Waals surface area (Å²) in [5.41, 5.74) is 1.58. The topological polar surface area (TPSA) is 57.8 Å². The number of H-pyrrole nitrogens is 1. The summed E-state index contributed by atoms with van der Waals surface area (Å²) in [6.45, 7) is 7.40. The Bertz CT molecular complexity index is 731. The second-order valence-electron chi connectivity index (χ2n) is 6.77. The summed E-state index contributed by atoms with van der Waals surface area (Å²) in [7, 11) is 3.37. The highest BCUT2D eigenvalue weighted by Gasteiger charge is 2.32. The molecular formula is C19H27N3O3. The summed E-state index contributed by atoms with van der Waals surface area (Å²) >= 11 is 0. The number of carbonyl (C=O) groups is 1. The molecule has 1 aromatic heterocycles. The van der Waals surface area contributed by atoms with E-state index in [4.69, 9.17) is 9.47 Å². The fraction of sp³-hybridized carbons (Fsp3) is 0.526. The first-order chi connectivity index (χ1) is 12.0. The predicted molar refractivity (Wildman–Crippen MR) is 98.3 cm³/mol. The molecule has 0 saturated carbocycles. The van der Waals surface area contributed by atoms with E-state index in [1.807, 2.05) is 29.2 Å². The molecule has 1 N–H and O–H groups in total. The Kier molecular flexibility index (Phi) is 5.30. The van der Waals surface area contributed by atoms with Crippen LogP contribution in [0.5, 0.6) is 5.75 Å². The van der Waals surface area contributed by atoms with Gasteiger partial charge >= 0.3 is 0 Å². The molecule has 2 heterocycles. The molecule has 2 aromatic rings. The third-order valence-corrected chi connectivity index (χ3v) is 5.00. The zero-order valence-corrected chi connectivity index (χ0v) is 15.4. The van der Waals surface area contributed by atoms with Crippen LogP contribution in [0.15, 0.2) is 24.3 Å². The minimum Gasteiger partial charge on any atom is -0.497 e. The number of piperazine rings is 1. The maximum Gasteiger partial charge on any atom is 0.270 e. The number of hydrogen-bond acceptors (Lipinski definition) is 4. The van der Waals surface area contributed by atoms with Crippen LogP contribution in [0.25, 0.3) is 10.9 Å². The van der Waals surface area contributed by atoms with Crippen LogP contribution in [0.2, 0.25) is 0 Å². The minimum atomic E-state index is 0.0558. The van der Waals surface area contributed by atoms with Gasteiger partial charge in [0.05, 0.1) is 13.7 Å². The van der Waals surface area contributed by atoms with Crippen molar-refractivity contribution in [1.82, 2.24) is 14.8 Å². The van der Waals surface area contributed by atoms with Crippen molar-refractivity contribution in [1.29, 1.82) is 0 Å². The summed E-state index contributed by atoms with van der Waals surface area (Å²) in [5, 5.41) is 0.988. The van der Waals surface area contributed by atoms with Gasteiger partial charge in [-0.1, -0.05) is 0 Å². The maximum absolute atomic E-state index is 13.0. The highest BCUT2D eigenvalue weighted by atomic mass is 16.5. The molecule has 1 amide bonds. The summed E-state index contributed by atoms with van der Waals surface area (Å²) < 4.78 is 10.5. The monoisotopic (exact) mass is 345 g/mol. The van der Waals surface area contributed by atoms with E-state index in [1.54, 1.807) is 14.2 Å². The van der Waals surface area contributed by atoms with Crippen molar-refractivity contribution in [3.8, 4) is 5.75 Å². The number of nitrogens with one attached hydrogen (secondary N) is 1. The van der Waals surface area contributed by atoms with Gasteiger partial charge in [-0.3, -0.25) is 9.69 Å². The lowest BCUT2D eigenvalue weighted by Gasteiger charge is -2.44. The van der Waals surface area contributed by atoms with E-state index >= 15 is 0 Å². The van der Waals surface area contributed by atoms with Crippen LogP contribution < -0.4 is 4.74 Å². The number of methoxy groups -OCH3 is 2. The van der Waals surface area contributed by atoms with Crippen molar-refractivity contribution in [2.24, 2.45) is 0 Å². The maximum atomic E-state index is 13.0. The number of carbonyl (C=O) groups excluding carboxylic acids is 1. The molecule has 2 atom stereocenters. The molecule has 0 unspecified atom stereocenters. The van der Waals surface area contributed by atoms with Gasteiger partial charge < -0.3 is 19.4 Å². The molecule has 1 fully saturated rings. The molecular weight excluding hydrogens is 318 g/mol. The number of benzene rings is 1. The van der Waals surface area contributed by atoms with Crippen molar-refractivity contribution in [3.05, 3.63) is 30.0 Å². The van der Waals surface area contributed by atoms with Gasteiger partial charge in [0.25, 0.3) is 5.91 Å². The van der Waals surface area contributed by atoms with Crippen molar-refractivity contribution < 1.29 is 14.3 Å². The van der Waals surface area contributed by atoms with Gasteiger partial charge in [0, 0.05) is 49.7 Å². The zero-order valence-electron chi connectivity index (χ0n) is 15.4. The number of aromatic amines is 1. The smallest absolute Gasteiger partial charge is 0.270 e. The first-order valence-electron chi connectivity index (χ1n) is 8.74. The number of fused-ring (bicyclic) bond motifs is 1. The van der Waals surface area contributed by atoms with Crippen LogP contribution in [0.4, 0.5) is 0 Å². The third-order valence-electron chi connectivity index (χ3n) is 5.00. The molecule has 0 aliphatic carbocycles. The second-order valence-corrected chi connectivity index (χ2v) is 6.77. The first kappa shape index (κ1) is 17.8. The lowest BCUT2D eigenvalue weighted by atomic mass is 10.1. The van der Waals surface area contributed by atoms with Gasteiger partial charge in [-0.2, -0.15) is 0 Å². The number of aromatic nitrogens is 1. The zero-order chi connectivity index (χ0) is 18.0. The van der Waals surface area contributed by atoms with E-state index in [0.29, 0.717) is 24.4 Å². The Morgan fingerprint density at radius 2 is 1.92 bits per heavy atom. The molecule has 25 heavy (non-hydrogen) atoms. The van der Waals surface area contributed by atoms with Crippen molar-refractivity contribution in [3.63, 3.8) is 0 Å². The van der Waals surface area contributed by atoms with E-state index in [1.165, 1.54) is 0 Å². The number of ether oxygens (including phenoxy) is 2. The summed E-state index contributed by atoms with van der Waals surface area (Å²) in [6.07, 6.45) is 0. The van der Waals surface area contributed by atoms with Crippen molar-refractivity contribution >= 4 is 16.8 Å². The van der Waals surface area contributed by atoms with Crippen LogP contribution in [-0.4, -0.2) is 73.2 Å². The first-order valence-corrected chi connectivity index (χ1v) is 8.74. The Labute approximate surface area is 148 Å². The molecule has 0 bridgehead atoms. The average molecular weight is 345 g/mol. The number of amides is 1. The van der Waals surface area contributed by atoms with Crippen LogP contribution in [0, 0.1) is 0 Å². The fourth-order valence-corrected chi connectivity index (χ4v) is 3.68. The number of hydrogen-bond donors (Lipinski definition) is 1. The standard InChI is InChI=1S/C19H27N3O3/c1-13-11-21(12-14(2)22(13)7-8-24-3)19(23)18-10-15-9-16(25-4)5-6-17(15)20-18/h5-6,9-10,13-14,20H,7-8,11-12H2,1-4H3/t13-,14-/m1/s1. The molecule has 6 heteroatoms. The number of rotatable bonds is 5. The van der Waals surface area contributed by atoms with Gasteiger partial charge in [0.2, 0.25) is 0 Å². The van der Waals surface area contributed by atoms with Gasteiger partial charge in [0.1, 0.15) is 11.4 Å². The molecule has 0 spiro atoms. The summed E-state index contributed by atoms with van der Waals surface area (Å²) in [5.74, 6) is 0.847. The predicted octanol–water partition coefficient (Wildman–Crippen LogP) is 2.36. The largest absolute Gasteiger partial charge is 0.497 e. The van der Waals surface area contributed by atoms with Gasteiger partial charge in [-0.05, 0) is 38.1 Å². The summed E-state index contributed by atoms with van der Waals surface area (Å²) in [4.78, 5) is 20.5. The average Bonchev–Trinajstić information content (AvgIpc) is 3.03. The van der Waals surface area contributed by atoms with Crippen molar-refractivity contribution in [2.75, 3.05) is 40.5 Å². The Hall–Kier alpha value is -2.05. The van der Waals surface area contributed by atoms with Gasteiger partial charge in [-0.25, -0.2) is 0 Å². The lowest BCUT2D eigenvalue weighted by molar-refractivity contribution is 0.0190. The normalized spacial score (nSPS) is 21.7. The lowest BCUT2D eigenvalue weighted by Crippen LogP contribution is -2.58. The summed E-state index contributed by atoms with van der Waals surface area (Å²) in [6, 6.07) is 8.31. The van der Waals surface area contributed by atoms with E-state index in [0.717, 1.165) is 36.3 Å². The highest BCUT2D eigenvalue weighted by molar-refractivity contribution is 5.98. The fourth-order valence-electron chi connectivity index (χ4n) is 3.68. The van der Waals surface area contributed by atoms with Gasteiger partial charge in [-0.15, -0.1) is 0 Å². The Balaban J connectivity index is 1.75. The number of nitrogens with zero attached hydrogens (tertiary/aromatic N) is 2. The minimum absolute atomic E-state index is 0.0558. The van der Waals surface area contributed by atoms with Crippen LogP contribution >= 0.6 is 0 Å². The molecule has 1 aliphatic heterocycles. The molecule has 3 rings (SSSR count). The molecule has 1 saturated heterocycles. The van der Waals surface area contributed by atoms with Crippen LogP contribution in [0.3, 0.4) is 0 Å². The SMILES string of the molecule is COCCN1[C@H](C)CN(C(=O)c2cc3cc(OC)ccc3[nH]2)C[C@H]1C. The third kappa shape index (κ3) is 3.65. The molecule has 0 radical (unpaired) electrons. The Morgan fingerprint density at radius 3 is 2.56 bits per heavy atom. The van der Waals surface area contributed by atoms with E-state index in [2.05, 4.69) is 23.7 Å². The van der Waals surface area contributed by atoms with Crippen LogP contribution in [0.1, 0.15) is 24.3 Å². The van der Waals surface area contributed by atoms with E-state index in [9.17, 15) is 4.79 Å². The van der Waals surface area contributed by atoms with E-state index < -0.39 is 0 Å². The molecule has 1 aliphatic rings. The van der Waals surface area contributed by atoms with E-state index in [-0.39, 0.29) is 5.91 Å². The van der Waals surface area contributed by atoms with Crippen molar-refractivity contribution in [2.45, 2.75) is 25.9 Å². The quantitative estimate of drug-likeness (QED) is 0.904. The molecule has 136 valence electrons. The van der Waals surface area contributed by atoms with Gasteiger partial charge in [0.15, 0.2) is 0 Å². The highest BCUT2D eigenvalue weighted by Crippen LogP contribution is 2.23.